The van der Waals surface area contributed by atoms with E-state index < -0.39 is 9.84 Å². The van der Waals surface area contributed by atoms with Crippen LogP contribution in [0.3, 0.4) is 0 Å². The third-order valence-electron chi connectivity index (χ3n) is 7.12. The van der Waals surface area contributed by atoms with Crippen molar-refractivity contribution in [2.24, 2.45) is 17.8 Å². The van der Waals surface area contributed by atoms with Gasteiger partial charge in [-0.2, -0.15) is 0 Å². The van der Waals surface area contributed by atoms with E-state index in [4.69, 9.17) is 0 Å². The molecule has 0 spiro atoms. The van der Waals surface area contributed by atoms with Crippen molar-refractivity contribution < 1.29 is 8.42 Å². The van der Waals surface area contributed by atoms with Gasteiger partial charge in [0.15, 0.2) is 9.84 Å². The number of hydrogen-bond donors (Lipinski definition) is 0. The lowest BCUT2D eigenvalue weighted by Crippen LogP contribution is -2.33. The molecule has 144 valence electrons. The first-order chi connectivity index (χ1) is 13.0. The van der Waals surface area contributed by atoms with Gasteiger partial charge in [-0.3, -0.25) is 0 Å². The topological polar surface area (TPSA) is 63.2 Å². The van der Waals surface area contributed by atoms with Crippen molar-refractivity contribution in [3.05, 3.63) is 24.5 Å². The second kappa shape index (κ2) is 6.43. The summed E-state index contributed by atoms with van der Waals surface area (Å²) in [4.78, 5) is 11.7. The van der Waals surface area contributed by atoms with E-state index in [2.05, 4.69) is 14.9 Å². The fraction of sp³-hybridized carbons (Fsp3) is 0.619. The molecule has 2 aliphatic carbocycles. The highest BCUT2D eigenvalue weighted by Crippen LogP contribution is 2.51. The Kier molecular flexibility index (Phi) is 4.15. The third kappa shape index (κ3) is 3.12. The van der Waals surface area contributed by atoms with Crippen molar-refractivity contribution in [2.75, 3.05) is 17.7 Å². The summed E-state index contributed by atoms with van der Waals surface area (Å²) < 4.78 is 24.0. The average Bonchev–Trinajstić information content (AvgIpc) is 3.37. The van der Waals surface area contributed by atoms with E-state index in [0.29, 0.717) is 10.9 Å². The standard InChI is InChI=1S/C21H27N3O2S/c1-27(25,26)18-6-7-20-19(12-18)21(23-13-22-20)24-8-2-3-17(24)11-16-10-14-4-5-15(16)9-14/h6-7,12-17H,2-5,8-11H2,1H3. The van der Waals surface area contributed by atoms with Gasteiger partial charge in [0.25, 0.3) is 0 Å². The number of nitrogens with zero attached hydrogens (tertiary/aromatic N) is 3. The largest absolute Gasteiger partial charge is 0.353 e. The molecule has 3 aliphatic rings. The molecule has 1 aromatic heterocycles. The highest BCUT2D eigenvalue weighted by atomic mass is 32.2. The van der Waals surface area contributed by atoms with Crippen molar-refractivity contribution in [3.63, 3.8) is 0 Å². The highest BCUT2D eigenvalue weighted by molar-refractivity contribution is 7.90. The Labute approximate surface area is 161 Å². The second-order valence-electron chi connectivity index (χ2n) is 8.81. The number of aromatic nitrogens is 2. The highest BCUT2D eigenvalue weighted by Gasteiger charge is 2.41. The fourth-order valence-electron chi connectivity index (χ4n) is 5.86. The zero-order valence-electron chi connectivity index (χ0n) is 15.8. The normalized spacial score (nSPS) is 30.5. The van der Waals surface area contributed by atoms with Gasteiger partial charge in [0.2, 0.25) is 0 Å². The Morgan fingerprint density at radius 1 is 1.15 bits per heavy atom. The smallest absolute Gasteiger partial charge is 0.175 e. The number of anilines is 1. The van der Waals surface area contributed by atoms with E-state index in [1.165, 1.54) is 51.2 Å². The zero-order chi connectivity index (χ0) is 18.6. The van der Waals surface area contributed by atoms with Gasteiger partial charge in [-0.05, 0) is 74.5 Å². The number of benzene rings is 1. The lowest BCUT2D eigenvalue weighted by Gasteiger charge is -2.31. The minimum Gasteiger partial charge on any atom is -0.353 e. The monoisotopic (exact) mass is 385 g/mol. The Morgan fingerprint density at radius 3 is 2.78 bits per heavy atom. The lowest BCUT2D eigenvalue weighted by atomic mass is 9.83. The van der Waals surface area contributed by atoms with Crippen LogP contribution < -0.4 is 4.90 Å². The van der Waals surface area contributed by atoms with Crippen LogP contribution in [0.4, 0.5) is 5.82 Å². The van der Waals surface area contributed by atoms with Crippen LogP contribution in [0.25, 0.3) is 10.9 Å². The van der Waals surface area contributed by atoms with Crippen molar-refractivity contribution in [2.45, 2.75) is 55.9 Å². The van der Waals surface area contributed by atoms with E-state index in [0.717, 1.165) is 41.0 Å². The molecule has 2 saturated carbocycles. The predicted molar refractivity (Wildman–Crippen MR) is 107 cm³/mol. The number of fused-ring (bicyclic) bond motifs is 3. The zero-order valence-corrected chi connectivity index (χ0v) is 16.7. The van der Waals surface area contributed by atoms with Crippen LogP contribution in [0.2, 0.25) is 0 Å². The van der Waals surface area contributed by atoms with Gasteiger partial charge >= 0.3 is 0 Å². The second-order valence-corrected chi connectivity index (χ2v) is 10.8. The van der Waals surface area contributed by atoms with Crippen molar-refractivity contribution >= 4 is 26.6 Å². The summed E-state index contributed by atoms with van der Waals surface area (Å²) in [6.07, 6.45) is 12.3. The van der Waals surface area contributed by atoms with E-state index in [1.807, 2.05) is 0 Å². The summed E-state index contributed by atoms with van der Waals surface area (Å²) in [5, 5.41) is 0.861. The molecule has 3 fully saturated rings. The van der Waals surface area contributed by atoms with Crippen molar-refractivity contribution in [3.8, 4) is 0 Å². The Balaban J connectivity index is 1.48. The molecule has 0 N–H and O–H groups in total. The SMILES string of the molecule is CS(=O)(=O)c1ccc2ncnc(N3CCCC3CC3CC4CCC3C4)c2c1. The number of rotatable bonds is 4. The van der Waals surface area contributed by atoms with Crippen LogP contribution in [-0.4, -0.2) is 37.2 Å². The van der Waals surface area contributed by atoms with Gasteiger partial charge in [0.1, 0.15) is 12.1 Å². The lowest BCUT2D eigenvalue weighted by molar-refractivity contribution is 0.294. The van der Waals surface area contributed by atoms with Gasteiger partial charge in [-0.15, -0.1) is 0 Å². The third-order valence-corrected chi connectivity index (χ3v) is 8.23. The molecule has 1 saturated heterocycles. The molecule has 2 bridgehead atoms. The minimum atomic E-state index is -3.25. The summed E-state index contributed by atoms with van der Waals surface area (Å²) >= 11 is 0. The molecular formula is C21H27N3O2S. The summed E-state index contributed by atoms with van der Waals surface area (Å²) in [5.74, 6) is 3.70. The molecule has 1 aliphatic heterocycles. The molecule has 4 unspecified atom stereocenters. The van der Waals surface area contributed by atoms with Crippen LogP contribution >= 0.6 is 0 Å². The van der Waals surface area contributed by atoms with Crippen LogP contribution in [0.15, 0.2) is 29.4 Å². The van der Waals surface area contributed by atoms with Crippen molar-refractivity contribution in [1.29, 1.82) is 0 Å². The quantitative estimate of drug-likeness (QED) is 0.800. The molecule has 2 heterocycles. The summed E-state index contributed by atoms with van der Waals surface area (Å²) in [6.45, 7) is 1.00. The molecule has 6 heteroatoms. The first kappa shape index (κ1) is 17.4. The molecule has 0 radical (unpaired) electrons. The van der Waals surface area contributed by atoms with Gasteiger partial charge in [-0.1, -0.05) is 6.42 Å². The summed E-state index contributed by atoms with van der Waals surface area (Å²) in [6, 6.07) is 5.73. The van der Waals surface area contributed by atoms with Crippen molar-refractivity contribution in [1.82, 2.24) is 9.97 Å². The van der Waals surface area contributed by atoms with E-state index in [9.17, 15) is 8.42 Å². The Morgan fingerprint density at radius 2 is 2.04 bits per heavy atom. The molecular weight excluding hydrogens is 358 g/mol. The first-order valence-corrected chi connectivity index (χ1v) is 12.1. The Bertz CT molecular complexity index is 975. The molecule has 5 nitrogen and oxygen atoms in total. The summed E-state index contributed by atoms with van der Waals surface area (Å²) in [7, 11) is -3.25. The maximum atomic E-state index is 12.0. The van der Waals surface area contributed by atoms with Gasteiger partial charge in [0, 0.05) is 24.2 Å². The van der Waals surface area contributed by atoms with Crippen LogP contribution in [0.5, 0.6) is 0 Å². The van der Waals surface area contributed by atoms with Crippen LogP contribution in [0, 0.1) is 17.8 Å². The molecule has 1 aromatic carbocycles. The molecule has 0 amide bonds. The van der Waals surface area contributed by atoms with Crippen LogP contribution in [0.1, 0.15) is 44.9 Å². The fourth-order valence-corrected chi connectivity index (χ4v) is 6.50. The van der Waals surface area contributed by atoms with Gasteiger partial charge < -0.3 is 4.90 Å². The molecule has 2 aromatic rings. The van der Waals surface area contributed by atoms with Gasteiger partial charge in [0.05, 0.1) is 10.4 Å². The first-order valence-electron chi connectivity index (χ1n) is 10.2. The van der Waals surface area contributed by atoms with E-state index in [-0.39, 0.29) is 0 Å². The maximum Gasteiger partial charge on any atom is 0.175 e. The number of sulfone groups is 1. The molecule has 5 rings (SSSR count). The number of hydrogen-bond acceptors (Lipinski definition) is 5. The van der Waals surface area contributed by atoms with Crippen LogP contribution in [-0.2, 0) is 9.84 Å². The molecule has 27 heavy (non-hydrogen) atoms. The molecule has 4 atom stereocenters. The minimum absolute atomic E-state index is 0.342. The summed E-state index contributed by atoms with van der Waals surface area (Å²) in [5.41, 5.74) is 0.818. The average molecular weight is 386 g/mol. The van der Waals surface area contributed by atoms with E-state index >= 15 is 0 Å². The van der Waals surface area contributed by atoms with E-state index in [1.54, 1.807) is 24.5 Å². The predicted octanol–water partition coefficient (Wildman–Crippen LogP) is 3.83. The Hall–Kier alpha value is -1.69. The van der Waals surface area contributed by atoms with Gasteiger partial charge in [-0.25, -0.2) is 18.4 Å². The maximum absolute atomic E-state index is 12.0.